The number of sulfonamides is 1. The Labute approximate surface area is 211 Å². The molecular weight excluding hydrogens is 451 g/mol. The normalized spacial score (nSPS) is 12.1. The molecule has 0 aliphatic carbocycles. The van der Waals surface area contributed by atoms with Crippen LogP contribution in [0.5, 0.6) is 0 Å². The number of carbonyl (C=O) groups is 1. The van der Waals surface area contributed by atoms with E-state index < -0.39 is 26.7 Å². The smallest absolute Gasteiger partial charge is 0.423 e. The van der Waals surface area contributed by atoms with Crippen molar-refractivity contribution in [2.45, 2.75) is 64.0 Å². The van der Waals surface area contributed by atoms with Gasteiger partial charge in [-0.1, -0.05) is 39.3 Å². The van der Waals surface area contributed by atoms with Crippen LogP contribution in [0.3, 0.4) is 0 Å². The number of nitrogens with zero attached hydrogens (tertiary/aromatic N) is 3. The SMILES string of the molecule is CC(C)c1cc(Cl)cc(C(C)C)c1NC(=O)[N-]S(=O)(=O)c1cc(C(C)(C)O)n(C)n1.[Na+]. The Kier molecular flexibility index (Phi) is 9.22. The number of hydrogen-bond acceptors (Lipinski definition) is 5. The van der Waals surface area contributed by atoms with Crippen LogP contribution in [0.1, 0.15) is 70.2 Å². The van der Waals surface area contributed by atoms with Gasteiger partial charge in [-0.2, -0.15) is 5.10 Å². The number of aliphatic hydroxyl groups is 1. The van der Waals surface area contributed by atoms with E-state index in [0.717, 1.165) is 11.1 Å². The van der Waals surface area contributed by atoms with Crippen molar-refractivity contribution in [3.8, 4) is 0 Å². The van der Waals surface area contributed by atoms with Crippen LogP contribution in [0, 0.1) is 0 Å². The van der Waals surface area contributed by atoms with E-state index in [1.165, 1.54) is 31.6 Å². The van der Waals surface area contributed by atoms with Gasteiger partial charge in [0.2, 0.25) is 10.0 Å². The minimum atomic E-state index is -4.37. The molecule has 166 valence electrons. The van der Waals surface area contributed by atoms with Gasteiger partial charge in [0.15, 0.2) is 11.1 Å². The van der Waals surface area contributed by atoms with Gasteiger partial charge in [0.1, 0.15) is 5.60 Å². The van der Waals surface area contributed by atoms with Crippen molar-refractivity contribution in [3.05, 3.63) is 44.8 Å². The Morgan fingerprint density at radius 2 is 1.65 bits per heavy atom. The summed E-state index contributed by atoms with van der Waals surface area (Å²) in [5.41, 5.74) is 1.05. The quantitative estimate of drug-likeness (QED) is 0.615. The topological polar surface area (TPSA) is 115 Å². The van der Waals surface area contributed by atoms with E-state index in [0.29, 0.717) is 10.7 Å². The van der Waals surface area contributed by atoms with Gasteiger partial charge in [0.25, 0.3) is 0 Å². The number of nitrogens with one attached hydrogen (secondary N) is 1. The van der Waals surface area contributed by atoms with Crippen molar-refractivity contribution in [2.24, 2.45) is 7.05 Å². The average Bonchev–Trinajstić information content (AvgIpc) is 2.98. The fourth-order valence-corrected chi connectivity index (χ4v) is 4.21. The summed E-state index contributed by atoms with van der Waals surface area (Å²) in [4.78, 5) is 12.6. The van der Waals surface area contributed by atoms with Crippen molar-refractivity contribution in [2.75, 3.05) is 5.32 Å². The first-order valence-corrected chi connectivity index (χ1v) is 11.3. The zero-order chi connectivity index (χ0) is 23.0. The molecule has 0 aliphatic rings. The summed E-state index contributed by atoms with van der Waals surface area (Å²) >= 11 is 6.22. The maximum absolute atomic E-state index is 12.6. The third-order valence-corrected chi connectivity index (χ3v) is 5.94. The molecule has 0 saturated heterocycles. The van der Waals surface area contributed by atoms with Crippen LogP contribution in [-0.4, -0.2) is 29.3 Å². The number of anilines is 1. The van der Waals surface area contributed by atoms with E-state index >= 15 is 0 Å². The summed E-state index contributed by atoms with van der Waals surface area (Å²) in [5, 5.41) is 16.8. The van der Waals surface area contributed by atoms with Crippen LogP contribution in [0.4, 0.5) is 10.5 Å². The van der Waals surface area contributed by atoms with Gasteiger partial charge in [-0.25, -0.2) is 8.42 Å². The molecule has 0 fully saturated rings. The minimum Gasteiger partial charge on any atom is -0.423 e. The van der Waals surface area contributed by atoms with E-state index in [1.807, 2.05) is 27.7 Å². The fraction of sp³-hybridized carbons (Fsp3) is 0.500. The largest absolute Gasteiger partial charge is 1.00 e. The number of urea groups is 1. The number of aryl methyl sites for hydroxylation is 1. The Balaban J connectivity index is 0.00000480. The van der Waals surface area contributed by atoms with Gasteiger partial charge in [-0.05, 0) is 54.6 Å². The van der Waals surface area contributed by atoms with Gasteiger partial charge < -0.3 is 15.1 Å². The number of aromatic nitrogens is 2. The molecule has 0 bridgehead atoms. The average molecular weight is 479 g/mol. The summed E-state index contributed by atoms with van der Waals surface area (Å²) < 4.78 is 29.8. The Bertz CT molecular complexity index is 1030. The summed E-state index contributed by atoms with van der Waals surface area (Å²) in [5.74, 6) is 0.0801. The molecule has 0 unspecified atom stereocenters. The van der Waals surface area contributed by atoms with Crippen LogP contribution in [-0.2, 0) is 22.7 Å². The number of rotatable bonds is 6. The summed E-state index contributed by atoms with van der Waals surface area (Å²) in [6.07, 6.45) is 0. The zero-order valence-corrected chi connectivity index (χ0v) is 22.8. The number of carbonyl (C=O) groups excluding carboxylic acids is 1. The predicted octanol–water partition coefficient (Wildman–Crippen LogP) is 1.85. The van der Waals surface area contributed by atoms with Crippen molar-refractivity contribution in [3.63, 3.8) is 0 Å². The van der Waals surface area contributed by atoms with Gasteiger partial charge >= 0.3 is 29.6 Å². The third kappa shape index (κ3) is 6.69. The number of amides is 2. The van der Waals surface area contributed by atoms with Crippen LogP contribution in [0.2, 0.25) is 5.02 Å². The minimum absolute atomic E-state index is 0. The Morgan fingerprint density at radius 1 is 1.16 bits per heavy atom. The molecule has 1 heterocycles. The van der Waals surface area contributed by atoms with Gasteiger partial charge in [-0.3, -0.25) is 9.48 Å². The van der Waals surface area contributed by atoms with Crippen LogP contribution < -0.4 is 34.9 Å². The molecule has 31 heavy (non-hydrogen) atoms. The van der Waals surface area contributed by atoms with Gasteiger partial charge in [0.05, 0.1) is 5.69 Å². The first-order valence-electron chi connectivity index (χ1n) is 9.52. The molecule has 2 aromatic rings. The zero-order valence-electron chi connectivity index (χ0n) is 19.2. The van der Waals surface area contributed by atoms with Crippen molar-refractivity contribution < 1.29 is 47.9 Å². The second-order valence-electron chi connectivity index (χ2n) is 8.32. The van der Waals surface area contributed by atoms with Crippen molar-refractivity contribution in [1.29, 1.82) is 0 Å². The number of benzene rings is 1. The summed E-state index contributed by atoms with van der Waals surface area (Å²) in [7, 11) is -2.87. The first-order chi connectivity index (χ1) is 13.6. The molecule has 0 spiro atoms. The fourth-order valence-electron chi connectivity index (χ4n) is 3.13. The second kappa shape index (κ2) is 10.2. The molecule has 2 amide bonds. The predicted molar refractivity (Wildman–Crippen MR) is 118 cm³/mol. The Morgan fingerprint density at radius 3 is 2.03 bits per heavy atom. The molecular formula is C20H28ClN4NaO4S. The standard InChI is InChI=1S/C20H29ClN4O4S.Na/c1-11(2)14-8-13(21)9-15(12(3)4)18(14)22-19(26)24-30(28,29)17-10-16(20(5,6)27)25(7)23-17;/h8-12,27H,1-7H3,(H2,22,24,26);/q;+1/p-1. The molecule has 0 atom stereocenters. The molecule has 8 nitrogen and oxygen atoms in total. The van der Waals surface area contributed by atoms with E-state index in [4.69, 9.17) is 11.6 Å². The molecule has 2 rings (SSSR count). The monoisotopic (exact) mass is 478 g/mol. The van der Waals surface area contributed by atoms with Crippen molar-refractivity contribution in [1.82, 2.24) is 9.78 Å². The van der Waals surface area contributed by atoms with E-state index in [-0.39, 0.29) is 47.1 Å². The molecule has 11 heteroatoms. The van der Waals surface area contributed by atoms with E-state index in [9.17, 15) is 18.3 Å². The van der Waals surface area contributed by atoms with Gasteiger partial charge in [0, 0.05) is 18.1 Å². The maximum Gasteiger partial charge on any atom is 1.00 e. The van der Waals surface area contributed by atoms with E-state index in [1.54, 1.807) is 12.1 Å². The Hall–Kier alpha value is -1.10. The number of halogens is 1. The van der Waals surface area contributed by atoms with Crippen LogP contribution in [0.15, 0.2) is 23.2 Å². The van der Waals surface area contributed by atoms with Crippen LogP contribution in [0.25, 0.3) is 4.72 Å². The second-order valence-corrected chi connectivity index (χ2v) is 10.3. The molecule has 2 N–H and O–H groups in total. The first kappa shape index (κ1) is 27.9. The number of hydrogen-bond donors (Lipinski definition) is 2. The van der Waals surface area contributed by atoms with Crippen molar-refractivity contribution >= 4 is 33.3 Å². The third-order valence-electron chi connectivity index (χ3n) is 4.59. The van der Waals surface area contributed by atoms with E-state index in [2.05, 4.69) is 15.1 Å². The summed E-state index contributed by atoms with van der Waals surface area (Å²) in [6.45, 7) is 10.8. The molecule has 1 aromatic heterocycles. The van der Waals surface area contributed by atoms with Crippen LogP contribution >= 0.6 is 11.6 Å². The molecule has 0 saturated carbocycles. The summed E-state index contributed by atoms with van der Waals surface area (Å²) in [6, 6.07) is 3.66. The molecule has 0 aliphatic heterocycles. The molecule has 1 aromatic carbocycles. The maximum atomic E-state index is 12.6. The molecule has 0 radical (unpaired) electrons. The van der Waals surface area contributed by atoms with Gasteiger partial charge in [-0.15, -0.1) is 0 Å².